The number of nitrogens with one attached hydrogen (secondary N) is 1. The van der Waals surface area contributed by atoms with Crippen LogP contribution in [0.4, 0.5) is 10.1 Å². The van der Waals surface area contributed by atoms with Gasteiger partial charge in [0.1, 0.15) is 11.4 Å². The van der Waals surface area contributed by atoms with Crippen molar-refractivity contribution in [3.63, 3.8) is 0 Å². The van der Waals surface area contributed by atoms with E-state index in [4.69, 9.17) is 0 Å². The van der Waals surface area contributed by atoms with Crippen LogP contribution in [0.2, 0.25) is 0 Å². The normalized spacial score (nSPS) is 10.8. The number of aromatic nitrogens is 2. The molecule has 0 aliphatic rings. The van der Waals surface area contributed by atoms with Crippen LogP contribution in [-0.4, -0.2) is 14.9 Å². The number of para-hydroxylation sites is 1. The molecule has 0 saturated carbocycles. The smallest absolute Gasteiger partial charge is 0.283 e. The number of rotatable bonds is 2. The van der Waals surface area contributed by atoms with Crippen LogP contribution in [-0.2, 0) is 0 Å². The molecule has 0 aliphatic heterocycles. The second kappa shape index (κ2) is 5.03. The maximum Gasteiger partial charge on any atom is 0.283 e. The van der Waals surface area contributed by atoms with Crippen LogP contribution in [0.1, 0.15) is 5.56 Å². The molecule has 3 aromatic rings. The molecule has 0 unspecified atom stereocenters. The first-order valence-corrected chi connectivity index (χ1v) is 6.41. The van der Waals surface area contributed by atoms with Gasteiger partial charge in [-0.1, -0.05) is 12.1 Å². The Morgan fingerprint density at radius 1 is 1.27 bits per heavy atom. The lowest BCUT2D eigenvalue weighted by Gasteiger charge is -2.06. The summed E-state index contributed by atoms with van der Waals surface area (Å²) in [6.45, 7) is 1.55. The van der Waals surface area contributed by atoms with Crippen molar-refractivity contribution in [3.05, 3.63) is 68.2 Å². The molecule has 22 heavy (non-hydrogen) atoms. The van der Waals surface area contributed by atoms with Crippen molar-refractivity contribution < 1.29 is 9.31 Å². The average Bonchev–Trinajstić information content (AvgIpc) is 2.46. The molecule has 1 aromatic heterocycles. The summed E-state index contributed by atoms with van der Waals surface area (Å²) in [4.78, 5) is 29.1. The molecule has 0 saturated heterocycles. The molecule has 0 aliphatic carbocycles. The van der Waals surface area contributed by atoms with Crippen molar-refractivity contribution in [1.29, 1.82) is 0 Å². The van der Waals surface area contributed by atoms with Gasteiger partial charge in [-0.15, -0.1) is 0 Å². The van der Waals surface area contributed by atoms with E-state index in [-0.39, 0.29) is 11.4 Å². The number of halogens is 1. The van der Waals surface area contributed by atoms with Gasteiger partial charge in [0, 0.05) is 6.07 Å². The highest BCUT2D eigenvalue weighted by atomic mass is 19.1. The lowest BCUT2D eigenvalue weighted by molar-refractivity contribution is -0.384. The van der Waals surface area contributed by atoms with Crippen molar-refractivity contribution in [2.45, 2.75) is 6.92 Å². The molecule has 0 fully saturated rings. The first-order chi connectivity index (χ1) is 10.5. The number of aromatic amines is 1. The Kier molecular flexibility index (Phi) is 3.17. The van der Waals surface area contributed by atoms with Crippen LogP contribution < -0.4 is 5.56 Å². The zero-order chi connectivity index (χ0) is 15.9. The van der Waals surface area contributed by atoms with E-state index >= 15 is 0 Å². The van der Waals surface area contributed by atoms with E-state index in [1.165, 1.54) is 6.07 Å². The van der Waals surface area contributed by atoms with E-state index in [1.54, 1.807) is 31.2 Å². The Morgan fingerprint density at radius 2 is 2.00 bits per heavy atom. The van der Waals surface area contributed by atoms with Gasteiger partial charge in [-0.2, -0.15) is 0 Å². The minimum absolute atomic E-state index is 0.159. The molecule has 0 spiro atoms. The maximum absolute atomic E-state index is 14.2. The van der Waals surface area contributed by atoms with Crippen LogP contribution in [0, 0.1) is 22.9 Å². The zero-order valence-corrected chi connectivity index (χ0v) is 11.5. The first-order valence-electron chi connectivity index (χ1n) is 6.41. The second-order valence-electron chi connectivity index (χ2n) is 4.83. The second-order valence-corrected chi connectivity index (χ2v) is 4.83. The number of H-pyrrole nitrogens is 1. The SMILES string of the molecule is Cc1cc(F)c(-c2nc3ccccc3c(=O)[nH]2)c([N+](=O)[O-])c1. The van der Waals surface area contributed by atoms with Gasteiger partial charge in [-0.25, -0.2) is 9.37 Å². The fraction of sp³-hybridized carbons (Fsp3) is 0.0667. The van der Waals surface area contributed by atoms with E-state index in [0.29, 0.717) is 16.5 Å². The number of fused-ring (bicyclic) bond motifs is 1. The molecule has 2 aromatic carbocycles. The van der Waals surface area contributed by atoms with Crippen LogP contribution in [0.25, 0.3) is 22.3 Å². The van der Waals surface area contributed by atoms with E-state index in [2.05, 4.69) is 9.97 Å². The van der Waals surface area contributed by atoms with Gasteiger partial charge in [0.25, 0.3) is 11.2 Å². The number of nitrogens with zero attached hydrogens (tertiary/aromatic N) is 2. The van der Waals surface area contributed by atoms with E-state index in [9.17, 15) is 19.3 Å². The lowest BCUT2D eigenvalue weighted by Crippen LogP contribution is -2.11. The van der Waals surface area contributed by atoms with E-state index < -0.39 is 22.0 Å². The summed E-state index contributed by atoms with van der Waals surface area (Å²) in [5, 5.41) is 11.5. The topological polar surface area (TPSA) is 88.9 Å². The van der Waals surface area contributed by atoms with Crippen molar-refractivity contribution in [3.8, 4) is 11.4 Å². The van der Waals surface area contributed by atoms with Gasteiger partial charge in [0.15, 0.2) is 5.82 Å². The summed E-state index contributed by atoms with van der Waals surface area (Å²) in [5.74, 6) is -0.960. The first kappa shape index (κ1) is 13.9. The van der Waals surface area contributed by atoms with Gasteiger partial charge >= 0.3 is 0 Å². The molecule has 3 rings (SSSR count). The van der Waals surface area contributed by atoms with Gasteiger partial charge < -0.3 is 4.98 Å². The number of nitro groups is 1. The van der Waals surface area contributed by atoms with Crippen molar-refractivity contribution in [2.24, 2.45) is 0 Å². The summed E-state index contributed by atoms with van der Waals surface area (Å²) in [6, 6.07) is 8.92. The van der Waals surface area contributed by atoms with Crippen molar-refractivity contribution in [1.82, 2.24) is 9.97 Å². The van der Waals surface area contributed by atoms with E-state index in [1.807, 2.05) is 0 Å². The third kappa shape index (κ3) is 2.22. The Bertz CT molecular complexity index is 966. The molecular weight excluding hydrogens is 289 g/mol. The lowest BCUT2D eigenvalue weighted by atomic mass is 10.1. The summed E-state index contributed by atoms with van der Waals surface area (Å²) in [5.41, 5.74) is -0.476. The molecule has 7 heteroatoms. The summed E-state index contributed by atoms with van der Waals surface area (Å²) >= 11 is 0. The van der Waals surface area contributed by atoms with Crippen LogP contribution >= 0.6 is 0 Å². The number of nitro benzene ring substituents is 1. The molecule has 0 bridgehead atoms. The predicted molar refractivity (Wildman–Crippen MR) is 79.1 cm³/mol. The standard InChI is InChI=1S/C15H10FN3O3/c1-8-6-10(16)13(12(7-8)19(21)22)14-17-11-5-3-2-4-9(11)15(20)18-14/h2-7H,1H3,(H,17,18,20). The Labute approximate surface area is 123 Å². The Hall–Kier alpha value is -3.09. The fourth-order valence-electron chi connectivity index (χ4n) is 2.31. The van der Waals surface area contributed by atoms with Crippen molar-refractivity contribution >= 4 is 16.6 Å². The average molecular weight is 299 g/mol. The van der Waals surface area contributed by atoms with Gasteiger partial charge in [-0.3, -0.25) is 14.9 Å². The minimum atomic E-state index is -0.801. The van der Waals surface area contributed by atoms with Crippen LogP contribution in [0.3, 0.4) is 0 Å². The highest BCUT2D eigenvalue weighted by Crippen LogP contribution is 2.31. The third-order valence-corrected chi connectivity index (χ3v) is 3.26. The van der Waals surface area contributed by atoms with Crippen molar-refractivity contribution in [2.75, 3.05) is 0 Å². The summed E-state index contributed by atoms with van der Waals surface area (Å²) in [7, 11) is 0. The fourth-order valence-corrected chi connectivity index (χ4v) is 2.31. The predicted octanol–water partition coefficient (Wildman–Crippen LogP) is 2.95. The highest BCUT2D eigenvalue weighted by molar-refractivity contribution is 5.80. The monoisotopic (exact) mass is 299 g/mol. The Balaban J connectivity index is 2.37. The summed E-state index contributed by atoms with van der Waals surface area (Å²) in [6.07, 6.45) is 0. The van der Waals surface area contributed by atoms with Gasteiger partial charge in [-0.05, 0) is 30.7 Å². The molecule has 0 atom stereocenters. The number of aryl methyl sites for hydroxylation is 1. The maximum atomic E-state index is 14.2. The molecule has 1 heterocycles. The number of hydrogen-bond acceptors (Lipinski definition) is 4. The molecule has 0 radical (unpaired) electrons. The number of benzene rings is 2. The molecule has 110 valence electrons. The third-order valence-electron chi connectivity index (χ3n) is 3.26. The Morgan fingerprint density at radius 3 is 2.73 bits per heavy atom. The molecule has 1 N–H and O–H groups in total. The van der Waals surface area contributed by atoms with Crippen LogP contribution in [0.15, 0.2) is 41.2 Å². The van der Waals surface area contributed by atoms with Crippen LogP contribution in [0.5, 0.6) is 0 Å². The highest BCUT2D eigenvalue weighted by Gasteiger charge is 2.23. The quantitative estimate of drug-likeness (QED) is 0.582. The molecular formula is C15H10FN3O3. The molecule has 0 amide bonds. The largest absolute Gasteiger partial charge is 0.306 e. The van der Waals surface area contributed by atoms with E-state index in [0.717, 1.165) is 6.07 Å². The van der Waals surface area contributed by atoms with Gasteiger partial charge in [0.05, 0.1) is 15.8 Å². The van der Waals surface area contributed by atoms with Gasteiger partial charge in [0.2, 0.25) is 0 Å². The molecule has 6 nitrogen and oxygen atoms in total. The zero-order valence-electron chi connectivity index (χ0n) is 11.5. The summed E-state index contributed by atoms with van der Waals surface area (Å²) < 4.78 is 14.2. The minimum Gasteiger partial charge on any atom is -0.306 e. The number of hydrogen-bond donors (Lipinski definition) is 1.